The Morgan fingerprint density at radius 3 is 2.10 bits per heavy atom. The quantitative estimate of drug-likeness (QED) is 0.124. The molecule has 2 saturated carbocycles. The Kier molecular flexibility index (Phi) is 15.3. The standard InChI is InChI=1S/C53H73N13O7/c1-4-73-51(71)42-31-54-52(57-40-30-55-60(2)33-40)59-47(42)56-39-10-12-41(13-11-39)63-25-27-65(28-26-63)50(70)37-7-5-36(6-8-37)49(69)64-23-17-34(18-24-64)32-62-21-19-35(20-22-62)38-9-14-43-45(29-38)61(3)53(72)66(43)44-15-16-46(67)58-48(44)68/h9,14,29-31,33-37,39,41,44H,4-8,10-13,15-28,32H2,1-3H3,(H,58,67,68)(H2,54,56,57,59). The number of anilines is 3. The van der Waals surface area contributed by atoms with Gasteiger partial charge in [0, 0.05) is 103 Å². The molecule has 4 aromatic rings. The first kappa shape index (κ1) is 50.4. The van der Waals surface area contributed by atoms with E-state index in [1.165, 1.54) is 11.8 Å². The van der Waals surface area contributed by atoms with Gasteiger partial charge in [-0.3, -0.25) is 43.2 Å². The highest BCUT2D eigenvalue weighted by molar-refractivity contribution is 6.00. The molecule has 0 radical (unpaired) electrons. The summed E-state index contributed by atoms with van der Waals surface area (Å²) in [7, 11) is 3.58. The molecule has 1 unspecified atom stereocenters. The Morgan fingerprint density at radius 2 is 1.45 bits per heavy atom. The molecule has 7 heterocycles. The summed E-state index contributed by atoms with van der Waals surface area (Å²) in [6.45, 7) is 9.95. The molecule has 392 valence electrons. The highest BCUT2D eigenvalue weighted by Crippen LogP contribution is 2.36. The lowest BCUT2D eigenvalue weighted by atomic mass is 9.80. The highest BCUT2D eigenvalue weighted by Gasteiger charge is 2.38. The maximum Gasteiger partial charge on any atom is 0.343 e. The van der Waals surface area contributed by atoms with Crippen molar-refractivity contribution in [2.45, 2.75) is 121 Å². The number of piperidine rings is 3. The summed E-state index contributed by atoms with van der Waals surface area (Å²) < 4.78 is 10.2. The minimum Gasteiger partial charge on any atom is -0.462 e. The molecule has 4 amide bonds. The first-order valence-corrected chi connectivity index (χ1v) is 27.0. The third kappa shape index (κ3) is 11.2. The Balaban J connectivity index is 0.619. The van der Waals surface area contributed by atoms with Crippen molar-refractivity contribution in [1.29, 1.82) is 0 Å². The fraction of sp³-hybridized carbons (Fsp3) is 0.642. The van der Waals surface area contributed by atoms with E-state index in [9.17, 15) is 28.8 Å². The van der Waals surface area contributed by atoms with Crippen molar-refractivity contribution in [2.75, 3.05) is 76.1 Å². The first-order chi connectivity index (χ1) is 35.4. The van der Waals surface area contributed by atoms with E-state index in [-0.39, 0.29) is 54.3 Å². The van der Waals surface area contributed by atoms with E-state index in [0.717, 1.165) is 153 Å². The smallest absolute Gasteiger partial charge is 0.343 e. The van der Waals surface area contributed by atoms with Crippen LogP contribution in [-0.2, 0) is 38.0 Å². The zero-order valence-electron chi connectivity index (χ0n) is 42.8. The molecule has 0 bridgehead atoms. The molecule has 4 saturated heterocycles. The van der Waals surface area contributed by atoms with E-state index in [4.69, 9.17) is 4.74 Å². The molecule has 1 atom stereocenters. The number of likely N-dealkylation sites (tertiary alicyclic amines) is 2. The number of amides is 4. The SMILES string of the molecule is CCOC(=O)c1cnc(Nc2cnn(C)c2)nc1NC1CCC(N2CCN(C(=O)C3CCC(C(=O)N4CCC(CN5CCC(c6ccc7c(c6)n(C)c(=O)n7C6CCC(=O)NC6=O)CC5)CC4)CC3)CC2)CC1. The van der Waals surface area contributed by atoms with E-state index < -0.39 is 17.9 Å². The number of aromatic nitrogens is 6. The number of rotatable bonds is 13. The van der Waals surface area contributed by atoms with Crippen molar-refractivity contribution < 1.29 is 28.7 Å². The summed E-state index contributed by atoms with van der Waals surface area (Å²) in [5.41, 5.74) is 3.57. The van der Waals surface area contributed by atoms with Crippen LogP contribution in [0.4, 0.5) is 17.5 Å². The number of carbonyl (C=O) groups is 5. The molecule has 2 aliphatic carbocycles. The molecule has 4 aliphatic heterocycles. The molecule has 6 fully saturated rings. The van der Waals surface area contributed by atoms with Gasteiger partial charge in [-0.1, -0.05) is 6.07 Å². The topological polar surface area (TPSA) is 214 Å². The van der Waals surface area contributed by atoms with Gasteiger partial charge in [-0.2, -0.15) is 10.1 Å². The predicted molar refractivity (Wildman–Crippen MR) is 274 cm³/mol. The first-order valence-electron chi connectivity index (χ1n) is 27.0. The van der Waals surface area contributed by atoms with Crippen molar-refractivity contribution in [2.24, 2.45) is 31.8 Å². The highest BCUT2D eigenvalue weighted by atomic mass is 16.5. The number of aryl methyl sites for hydroxylation is 2. The maximum absolute atomic E-state index is 13.8. The molecule has 10 rings (SSSR count). The number of hydrogen-bond acceptors (Lipinski definition) is 14. The molecular formula is C53H73N13O7. The van der Waals surface area contributed by atoms with E-state index in [0.29, 0.717) is 41.6 Å². The van der Waals surface area contributed by atoms with Gasteiger partial charge in [0.15, 0.2) is 0 Å². The van der Waals surface area contributed by atoms with Crippen molar-refractivity contribution in [3.63, 3.8) is 0 Å². The maximum atomic E-state index is 13.8. The van der Waals surface area contributed by atoms with Gasteiger partial charge in [0.1, 0.15) is 17.4 Å². The molecule has 20 heteroatoms. The van der Waals surface area contributed by atoms with Crippen LogP contribution in [0.3, 0.4) is 0 Å². The van der Waals surface area contributed by atoms with Gasteiger partial charge in [-0.25, -0.2) is 14.6 Å². The second kappa shape index (κ2) is 22.1. The van der Waals surface area contributed by atoms with Crippen molar-refractivity contribution in [3.8, 4) is 0 Å². The summed E-state index contributed by atoms with van der Waals surface area (Å²) in [6, 6.07) is 6.09. The van der Waals surface area contributed by atoms with Gasteiger partial charge in [0.05, 0.1) is 29.5 Å². The second-order valence-corrected chi connectivity index (χ2v) is 21.5. The number of nitrogens with one attached hydrogen (secondary N) is 3. The summed E-state index contributed by atoms with van der Waals surface area (Å²) in [5, 5.41) is 13.3. The molecule has 3 aromatic heterocycles. The minimum atomic E-state index is -0.687. The van der Waals surface area contributed by atoms with Gasteiger partial charge in [-0.15, -0.1) is 0 Å². The van der Waals surface area contributed by atoms with Crippen LogP contribution >= 0.6 is 0 Å². The van der Waals surface area contributed by atoms with Crippen molar-refractivity contribution in [3.05, 3.63) is 58.4 Å². The number of esters is 1. The van der Waals surface area contributed by atoms with Gasteiger partial charge >= 0.3 is 11.7 Å². The summed E-state index contributed by atoms with van der Waals surface area (Å²) >= 11 is 0. The molecule has 6 aliphatic rings. The van der Waals surface area contributed by atoms with Crippen LogP contribution in [0.1, 0.15) is 125 Å². The Morgan fingerprint density at radius 1 is 0.767 bits per heavy atom. The summed E-state index contributed by atoms with van der Waals surface area (Å²) in [5.74, 6) is 1.17. The molecule has 73 heavy (non-hydrogen) atoms. The van der Waals surface area contributed by atoms with Crippen LogP contribution in [0.25, 0.3) is 11.0 Å². The lowest BCUT2D eigenvalue weighted by molar-refractivity contribution is -0.143. The van der Waals surface area contributed by atoms with Crippen molar-refractivity contribution in [1.82, 2.24) is 53.8 Å². The summed E-state index contributed by atoms with van der Waals surface area (Å²) in [6.07, 6.45) is 16.7. The third-order valence-corrected chi connectivity index (χ3v) is 17.0. The number of imidazole rings is 1. The van der Waals surface area contributed by atoms with Crippen LogP contribution in [-0.4, -0.2) is 156 Å². The summed E-state index contributed by atoms with van der Waals surface area (Å²) in [4.78, 5) is 96.5. The second-order valence-electron chi connectivity index (χ2n) is 21.5. The number of hydrogen-bond donors (Lipinski definition) is 3. The minimum absolute atomic E-state index is 0.00282. The van der Waals surface area contributed by atoms with Gasteiger partial charge in [0.2, 0.25) is 29.6 Å². The molecule has 3 N–H and O–H groups in total. The molecule has 20 nitrogen and oxygen atoms in total. The zero-order valence-corrected chi connectivity index (χ0v) is 42.8. The van der Waals surface area contributed by atoms with Crippen LogP contribution in [0.15, 0.2) is 41.6 Å². The number of carbonyl (C=O) groups excluding carboxylic acids is 5. The monoisotopic (exact) mass is 1000 g/mol. The zero-order chi connectivity index (χ0) is 50.8. The number of piperazine rings is 1. The normalized spacial score (nSPS) is 25.2. The lowest BCUT2D eigenvalue weighted by Gasteiger charge is -2.43. The molecule has 0 spiro atoms. The third-order valence-electron chi connectivity index (χ3n) is 17.0. The van der Waals surface area contributed by atoms with E-state index in [1.807, 2.05) is 19.3 Å². The van der Waals surface area contributed by atoms with Gasteiger partial charge < -0.3 is 30.1 Å². The fourth-order valence-electron chi connectivity index (χ4n) is 12.7. The number of ether oxygens (including phenoxy) is 1. The van der Waals surface area contributed by atoms with Crippen molar-refractivity contribution >= 4 is 58.1 Å². The Labute approximate surface area is 426 Å². The molecule has 1 aromatic carbocycles. The van der Waals surface area contributed by atoms with E-state index in [1.54, 1.807) is 34.0 Å². The lowest BCUT2D eigenvalue weighted by Crippen LogP contribution is -2.54. The van der Waals surface area contributed by atoms with Crippen LogP contribution in [0.2, 0.25) is 0 Å². The largest absolute Gasteiger partial charge is 0.462 e. The predicted octanol–water partition coefficient (Wildman–Crippen LogP) is 4.55. The van der Waals surface area contributed by atoms with E-state index >= 15 is 0 Å². The van der Waals surface area contributed by atoms with Crippen LogP contribution < -0.4 is 21.6 Å². The van der Waals surface area contributed by atoms with Crippen LogP contribution in [0, 0.1) is 17.8 Å². The number of nitrogens with zero attached hydrogens (tertiary/aromatic N) is 10. The van der Waals surface area contributed by atoms with Gasteiger partial charge in [0.25, 0.3) is 0 Å². The number of imide groups is 1. The fourth-order valence-corrected chi connectivity index (χ4v) is 12.7. The number of benzene rings is 1. The average molecular weight is 1000 g/mol. The van der Waals surface area contributed by atoms with Gasteiger partial charge in [-0.05, 0) is 133 Å². The number of fused-ring (bicyclic) bond motifs is 1. The Bertz CT molecular complexity index is 2710. The van der Waals surface area contributed by atoms with E-state index in [2.05, 4.69) is 62.7 Å². The molecular weight excluding hydrogens is 931 g/mol. The van der Waals surface area contributed by atoms with Crippen LogP contribution in [0.5, 0.6) is 0 Å². The average Bonchev–Trinajstić information content (AvgIpc) is 3.93. The Hall–Kier alpha value is -6.15.